The molecule has 3 nitrogen and oxygen atoms in total. The first-order valence-corrected chi connectivity index (χ1v) is 7.41. The van der Waals surface area contributed by atoms with E-state index in [1.807, 2.05) is 19.9 Å². The average molecular weight is 283 g/mol. The maximum atomic E-state index is 4.34. The summed E-state index contributed by atoms with van der Waals surface area (Å²) in [6.45, 7) is 11.1. The van der Waals surface area contributed by atoms with Crippen LogP contribution < -0.4 is 4.90 Å². The van der Waals surface area contributed by atoms with Crippen molar-refractivity contribution in [2.75, 3.05) is 11.4 Å². The van der Waals surface area contributed by atoms with E-state index in [1.165, 1.54) is 11.1 Å². The highest BCUT2D eigenvalue weighted by Crippen LogP contribution is 2.22. The molecule has 1 aromatic carbocycles. The van der Waals surface area contributed by atoms with Crippen molar-refractivity contribution in [3.8, 4) is 0 Å². The molecule has 112 valence electrons. The second kappa shape index (κ2) is 8.90. The molecule has 0 saturated heterocycles. The van der Waals surface area contributed by atoms with Gasteiger partial charge in [-0.1, -0.05) is 43.2 Å². The SMILES string of the molecule is CC.CC(C)=CCN(c1ccc(C)cc1)c1ncccn1. The van der Waals surface area contributed by atoms with Crippen molar-refractivity contribution in [2.24, 2.45) is 0 Å². The van der Waals surface area contributed by atoms with Gasteiger partial charge in [0.1, 0.15) is 0 Å². The summed E-state index contributed by atoms with van der Waals surface area (Å²) < 4.78 is 0. The Morgan fingerprint density at radius 3 is 2.14 bits per heavy atom. The topological polar surface area (TPSA) is 29.0 Å². The number of rotatable bonds is 4. The molecule has 0 unspecified atom stereocenters. The van der Waals surface area contributed by atoms with Crippen LogP contribution in [0, 0.1) is 6.92 Å². The first kappa shape index (κ1) is 16.9. The van der Waals surface area contributed by atoms with Gasteiger partial charge >= 0.3 is 0 Å². The van der Waals surface area contributed by atoms with Crippen LogP contribution in [0.25, 0.3) is 0 Å². The van der Waals surface area contributed by atoms with E-state index in [2.05, 4.69) is 66.0 Å². The minimum absolute atomic E-state index is 0.726. The molecule has 21 heavy (non-hydrogen) atoms. The van der Waals surface area contributed by atoms with E-state index < -0.39 is 0 Å². The molecule has 1 heterocycles. The Morgan fingerprint density at radius 1 is 1.05 bits per heavy atom. The van der Waals surface area contributed by atoms with Gasteiger partial charge in [-0.15, -0.1) is 0 Å². The Morgan fingerprint density at radius 2 is 1.62 bits per heavy atom. The maximum Gasteiger partial charge on any atom is 0.230 e. The van der Waals surface area contributed by atoms with Gasteiger partial charge in [-0.3, -0.25) is 0 Å². The van der Waals surface area contributed by atoms with Crippen molar-refractivity contribution in [3.05, 3.63) is 59.9 Å². The molecule has 3 heteroatoms. The molecule has 0 aliphatic carbocycles. The lowest BCUT2D eigenvalue weighted by molar-refractivity contribution is 0.981. The lowest BCUT2D eigenvalue weighted by Crippen LogP contribution is -2.19. The predicted octanol–water partition coefficient (Wildman–Crippen LogP) is 4.92. The highest BCUT2D eigenvalue weighted by atomic mass is 15.2. The molecular weight excluding hydrogens is 258 g/mol. The Kier molecular flexibility index (Phi) is 7.16. The van der Waals surface area contributed by atoms with E-state index in [0.29, 0.717) is 0 Å². The van der Waals surface area contributed by atoms with Gasteiger partial charge in [-0.2, -0.15) is 0 Å². The third-order valence-electron chi connectivity index (χ3n) is 2.82. The number of nitrogens with zero attached hydrogens (tertiary/aromatic N) is 3. The summed E-state index contributed by atoms with van der Waals surface area (Å²) >= 11 is 0. The molecule has 0 amide bonds. The van der Waals surface area contributed by atoms with Crippen LogP contribution in [0.1, 0.15) is 33.3 Å². The largest absolute Gasteiger partial charge is 0.307 e. The monoisotopic (exact) mass is 283 g/mol. The molecule has 0 spiro atoms. The minimum atomic E-state index is 0.726. The van der Waals surface area contributed by atoms with E-state index in [0.717, 1.165) is 18.2 Å². The molecule has 2 aromatic rings. The zero-order valence-corrected chi connectivity index (χ0v) is 13.7. The second-order valence-electron chi connectivity index (χ2n) is 4.78. The number of benzene rings is 1. The maximum absolute atomic E-state index is 4.34. The summed E-state index contributed by atoms with van der Waals surface area (Å²) in [5.74, 6) is 0.726. The molecule has 0 aliphatic rings. The standard InChI is InChI=1S/C16H19N3.C2H6/c1-13(2)9-12-19(16-17-10-4-11-18-16)15-7-5-14(3)6-8-15;1-2/h4-11H,12H2,1-3H3;1-2H3. The second-order valence-corrected chi connectivity index (χ2v) is 4.78. The van der Waals surface area contributed by atoms with E-state index in [9.17, 15) is 0 Å². The number of allylic oxidation sites excluding steroid dienone is 1. The quantitative estimate of drug-likeness (QED) is 0.746. The van der Waals surface area contributed by atoms with Crippen LogP contribution >= 0.6 is 0 Å². The van der Waals surface area contributed by atoms with Gasteiger partial charge in [-0.05, 0) is 39.0 Å². The molecule has 0 fully saturated rings. The zero-order valence-electron chi connectivity index (χ0n) is 13.7. The lowest BCUT2D eigenvalue weighted by atomic mass is 10.2. The Bertz CT molecular complexity index is 540. The van der Waals surface area contributed by atoms with E-state index in [-0.39, 0.29) is 0 Å². The average Bonchev–Trinajstić information content (AvgIpc) is 2.52. The molecule has 0 atom stereocenters. The normalized spacial score (nSPS) is 9.38. The third-order valence-corrected chi connectivity index (χ3v) is 2.82. The van der Waals surface area contributed by atoms with Crippen LogP contribution in [0.3, 0.4) is 0 Å². The highest BCUT2D eigenvalue weighted by molar-refractivity contribution is 5.58. The molecule has 2 rings (SSSR count). The van der Waals surface area contributed by atoms with Gasteiger partial charge < -0.3 is 4.90 Å². The van der Waals surface area contributed by atoms with Crippen LogP contribution in [0.2, 0.25) is 0 Å². The van der Waals surface area contributed by atoms with Crippen LogP contribution in [-0.4, -0.2) is 16.5 Å². The zero-order chi connectivity index (χ0) is 15.7. The summed E-state index contributed by atoms with van der Waals surface area (Å²) in [7, 11) is 0. The summed E-state index contributed by atoms with van der Waals surface area (Å²) in [5, 5.41) is 0. The van der Waals surface area contributed by atoms with Crippen molar-refractivity contribution in [1.82, 2.24) is 9.97 Å². The molecule has 1 aromatic heterocycles. The summed E-state index contributed by atoms with van der Waals surface area (Å²) in [6.07, 6.45) is 5.72. The van der Waals surface area contributed by atoms with E-state index >= 15 is 0 Å². The van der Waals surface area contributed by atoms with Crippen molar-refractivity contribution < 1.29 is 0 Å². The first-order chi connectivity index (χ1) is 10.2. The van der Waals surface area contributed by atoms with Gasteiger partial charge in [0.25, 0.3) is 0 Å². The first-order valence-electron chi connectivity index (χ1n) is 7.41. The molecular formula is C18H25N3. The van der Waals surface area contributed by atoms with Gasteiger partial charge in [0.2, 0.25) is 5.95 Å². The summed E-state index contributed by atoms with van der Waals surface area (Å²) in [5.41, 5.74) is 3.64. The number of aromatic nitrogens is 2. The Balaban J connectivity index is 0.00000106. The number of hydrogen-bond acceptors (Lipinski definition) is 3. The minimum Gasteiger partial charge on any atom is -0.307 e. The predicted molar refractivity (Wildman–Crippen MR) is 91.0 cm³/mol. The fraction of sp³-hybridized carbons (Fsp3) is 0.333. The fourth-order valence-electron chi connectivity index (χ4n) is 1.73. The Labute approximate surface area is 128 Å². The summed E-state index contributed by atoms with van der Waals surface area (Å²) in [6, 6.07) is 10.2. The van der Waals surface area contributed by atoms with Gasteiger partial charge in [0.05, 0.1) is 0 Å². The molecule has 0 N–H and O–H groups in total. The van der Waals surface area contributed by atoms with Gasteiger partial charge in [-0.25, -0.2) is 9.97 Å². The van der Waals surface area contributed by atoms with Crippen molar-refractivity contribution >= 4 is 11.6 Å². The van der Waals surface area contributed by atoms with Crippen LogP contribution in [-0.2, 0) is 0 Å². The third kappa shape index (κ3) is 5.38. The smallest absolute Gasteiger partial charge is 0.230 e. The Hall–Kier alpha value is -2.16. The van der Waals surface area contributed by atoms with Crippen LogP contribution in [0.5, 0.6) is 0 Å². The van der Waals surface area contributed by atoms with Crippen molar-refractivity contribution in [1.29, 1.82) is 0 Å². The summed E-state index contributed by atoms with van der Waals surface area (Å²) in [4.78, 5) is 10.8. The van der Waals surface area contributed by atoms with E-state index in [1.54, 1.807) is 12.4 Å². The number of aryl methyl sites for hydroxylation is 1. The van der Waals surface area contributed by atoms with Gasteiger partial charge in [0, 0.05) is 24.6 Å². The highest BCUT2D eigenvalue weighted by Gasteiger charge is 2.09. The fourth-order valence-corrected chi connectivity index (χ4v) is 1.73. The molecule has 0 aliphatic heterocycles. The van der Waals surface area contributed by atoms with Crippen LogP contribution in [0.4, 0.5) is 11.6 Å². The van der Waals surface area contributed by atoms with E-state index in [4.69, 9.17) is 0 Å². The van der Waals surface area contributed by atoms with Gasteiger partial charge in [0.15, 0.2) is 0 Å². The molecule has 0 radical (unpaired) electrons. The number of hydrogen-bond donors (Lipinski definition) is 0. The van der Waals surface area contributed by atoms with Crippen LogP contribution in [0.15, 0.2) is 54.4 Å². The molecule has 0 saturated carbocycles. The van der Waals surface area contributed by atoms with Crippen molar-refractivity contribution in [2.45, 2.75) is 34.6 Å². The number of anilines is 2. The molecule has 0 bridgehead atoms. The lowest BCUT2D eigenvalue weighted by Gasteiger charge is -2.21. The van der Waals surface area contributed by atoms with Crippen molar-refractivity contribution in [3.63, 3.8) is 0 Å².